The fourth-order valence-corrected chi connectivity index (χ4v) is 7.62. The van der Waals surface area contributed by atoms with Crippen molar-refractivity contribution in [2.75, 3.05) is 14.2 Å². The van der Waals surface area contributed by atoms with E-state index in [1.54, 1.807) is 33.9 Å². The maximum absolute atomic E-state index is 14.2. The van der Waals surface area contributed by atoms with E-state index in [9.17, 15) is 29.1 Å². The van der Waals surface area contributed by atoms with E-state index in [4.69, 9.17) is 19.2 Å². The molecule has 0 radical (unpaired) electrons. The number of nitrogens with one attached hydrogen (secondary N) is 3. The van der Waals surface area contributed by atoms with Crippen molar-refractivity contribution in [1.29, 1.82) is 0 Å². The van der Waals surface area contributed by atoms with E-state index in [1.807, 2.05) is 48.5 Å². The first kappa shape index (κ1) is 40.0. The van der Waals surface area contributed by atoms with Crippen LogP contribution in [0.1, 0.15) is 72.1 Å². The fourth-order valence-electron chi connectivity index (χ4n) is 7.62. The van der Waals surface area contributed by atoms with Crippen molar-refractivity contribution in [1.82, 2.24) is 20.9 Å². The molecule has 0 saturated heterocycles. The number of benzene rings is 2. The molecule has 2 fully saturated rings. The van der Waals surface area contributed by atoms with Crippen molar-refractivity contribution in [3.8, 4) is 22.8 Å². The lowest BCUT2D eigenvalue weighted by Gasteiger charge is -2.31. The molecule has 5 rings (SSSR count). The number of aromatic nitrogens is 1. The summed E-state index contributed by atoms with van der Waals surface area (Å²) in [5, 5.41) is 18.7. The van der Waals surface area contributed by atoms with Crippen molar-refractivity contribution in [3.05, 3.63) is 54.6 Å². The van der Waals surface area contributed by atoms with Crippen LogP contribution in [0, 0.1) is 23.7 Å². The van der Waals surface area contributed by atoms with Crippen molar-refractivity contribution in [2.45, 2.75) is 96.4 Å². The zero-order valence-electron chi connectivity index (χ0n) is 31.6. The molecule has 0 spiro atoms. The zero-order valence-corrected chi connectivity index (χ0v) is 31.6. The van der Waals surface area contributed by atoms with Crippen LogP contribution in [0.5, 0.6) is 11.5 Å². The maximum Gasteiger partial charge on any atom is 0.328 e. The molecule has 13 heteroatoms. The molecule has 2 aromatic carbocycles. The molecule has 1 aromatic heterocycles. The Bertz CT molecular complexity index is 1810. The number of carboxylic acid groups (broad SMARTS) is 1. The molecular weight excluding hydrogens is 692 g/mol. The van der Waals surface area contributed by atoms with E-state index in [0.29, 0.717) is 28.1 Å². The van der Waals surface area contributed by atoms with Crippen molar-refractivity contribution in [2.24, 2.45) is 23.7 Å². The number of methoxy groups -OCH3 is 2. The lowest BCUT2D eigenvalue weighted by atomic mass is 9.83. The van der Waals surface area contributed by atoms with Gasteiger partial charge in [0.1, 0.15) is 35.7 Å². The molecule has 2 saturated carbocycles. The Balaban J connectivity index is 1.42. The van der Waals surface area contributed by atoms with Gasteiger partial charge in [0.05, 0.1) is 37.3 Å². The lowest BCUT2D eigenvalue weighted by Crippen LogP contribution is -2.57. The van der Waals surface area contributed by atoms with E-state index in [0.717, 1.165) is 37.7 Å². The van der Waals surface area contributed by atoms with Crippen LogP contribution in [0.3, 0.4) is 0 Å². The number of carbonyl (C=O) groups excluding carboxylic acids is 4. The number of hydrogen-bond acceptors (Lipinski definition) is 9. The van der Waals surface area contributed by atoms with Gasteiger partial charge in [0, 0.05) is 23.1 Å². The molecule has 3 amide bonds. The number of ether oxygens (including phenoxy) is 3. The topological polar surface area (TPSA) is 182 Å². The first-order valence-corrected chi connectivity index (χ1v) is 18.9. The minimum Gasteiger partial charge on any atom is -0.497 e. The second kappa shape index (κ2) is 18.2. The second-order valence-electron chi connectivity index (χ2n) is 14.6. The third-order valence-electron chi connectivity index (χ3n) is 10.7. The number of carboxylic acids is 1. The Morgan fingerprint density at radius 2 is 1.54 bits per heavy atom. The van der Waals surface area contributed by atoms with Gasteiger partial charge in [-0.15, -0.1) is 0 Å². The molecule has 3 aromatic rings. The number of aliphatic carboxylic acids is 1. The maximum atomic E-state index is 14.2. The van der Waals surface area contributed by atoms with Crippen molar-refractivity contribution < 1.29 is 43.3 Å². The average molecular weight is 745 g/mol. The van der Waals surface area contributed by atoms with Crippen LogP contribution in [0.2, 0.25) is 0 Å². The lowest BCUT2D eigenvalue weighted by molar-refractivity contribution is -0.147. The number of amides is 3. The van der Waals surface area contributed by atoms with Gasteiger partial charge in [-0.05, 0) is 56.1 Å². The van der Waals surface area contributed by atoms with Gasteiger partial charge in [-0.25, -0.2) is 14.6 Å². The highest BCUT2D eigenvalue weighted by Gasteiger charge is 2.46. The van der Waals surface area contributed by atoms with E-state index in [1.165, 1.54) is 7.11 Å². The summed E-state index contributed by atoms with van der Waals surface area (Å²) < 4.78 is 17.1. The summed E-state index contributed by atoms with van der Waals surface area (Å²) in [4.78, 5) is 71.3. The van der Waals surface area contributed by atoms with Crippen molar-refractivity contribution >= 4 is 40.6 Å². The highest BCUT2D eigenvalue weighted by atomic mass is 16.5. The molecule has 2 aliphatic carbocycles. The summed E-state index contributed by atoms with van der Waals surface area (Å²) in [5.41, 5.74) is 2.15. The monoisotopic (exact) mass is 744 g/mol. The highest BCUT2D eigenvalue weighted by molar-refractivity contribution is 5.94. The Morgan fingerprint density at radius 1 is 0.870 bits per heavy atom. The smallest absolute Gasteiger partial charge is 0.328 e. The van der Waals surface area contributed by atoms with E-state index >= 15 is 0 Å². The summed E-state index contributed by atoms with van der Waals surface area (Å²) in [6.07, 6.45) is 4.28. The van der Waals surface area contributed by atoms with Crippen LogP contribution >= 0.6 is 0 Å². The minimum atomic E-state index is -1.18. The van der Waals surface area contributed by atoms with Gasteiger partial charge >= 0.3 is 11.9 Å². The quantitative estimate of drug-likeness (QED) is 0.154. The zero-order chi connectivity index (χ0) is 38.9. The Kier molecular flexibility index (Phi) is 13.5. The molecule has 13 nitrogen and oxygen atoms in total. The van der Waals surface area contributed by atoms with Crippen LogP contribution in [-0.2, 0) is 28.7 Å². The molecule has 1 heterocycles. The normalized spacial score (nSPS) is 20.4. The van der Waals surface area contributed by atoms with Crippen molar-refractivity contribution in [3.63, 3.8) is 0 Å². The number of hydrogen-bond donors (Lipinski definition) is 4. The van der Waals surface area contributed by atoms with Gasteiger partial charge in [0.2, 0.25) is 17.7 Å². The van der Waals surface area contributed by atoms with Gasteiger partial charge in [-0.1, -0.05) is 70.4 Å². The predicted molar refractivity (Wildman–Crippen MR) is 202 cm³/mol. The molecule has 0 bridgehead atoms. The SMILES string of the molecule is CC[C@H](NC(=O)[C@@H]1C[C@@H](Oc2cc(-c3ccccc3)nc3cc(OC)ccc23)C[C@H]1C(=O)N[C@H](C(=O)N[C@H](C(=O)OC)C1CCCCC1)C(C)C)C(=O)O. The van der Waals surface area contributed by atoms with Gasteiger partial charge < -0.3 is 35.3 Å². The fraction of sp³-hybridized carbons (Fsp3) is 0.512. The Labute approximate surface area is 315 Å². The predicted octanol–water partition coefficient (Wildman–Crippen LogP) is 5.04. The third-order valence-corrected chi connectivity index (χ3v) is 10.7. The number of carbonyl (C=O) groups is 5. The van der Waals surface area contributed by atoms with E-state index < -0.39 is 65.7 Å². The molecule has 4 N–H and O–H groups in total. The summed E-state index contributed by atoms with van der Waals surface area (Å²) >= 11 is 0. The van der Waals surface area contributed by atoms with Gasteiger partial charge in [0.25, 0.3) is 0 Å². The van der Waals surface area contributed by atoms with E-state index in [2.05, 4.69) is 16.0 Å². The van der Waals surface area contributed by atoms with Crippen LogP contribution in [0.25, 0.3) is 22.2 Å². The third kappa shape index (κ3) is 9.47. The summed E-state index contributed by atoms with van der Waals surface area (Å²) in [7, 11) is 2.86. The van der Waals surface area contributed by atoms with Gasteiger partial charge in [0.15, 0.2) is 0 Å². The Morgan fingerprint density at radius 3 is 2.13 bits per heavy atom. The molecule has 0 aliphatic heterocycles. The first-order valence-electron chi connectivity index (χ1n) is 18.9. The van der Waals surface area contributed by atoms with Crippen LogP contribution < -0.4 is 25.4 Å². The molecule has 290 valence electrons. The molecule has 0 unspecified atom stereocenters. The molecule has 54 heavy (non-hydrogen) atoms. The molecule has 2 aliphatic rings. The number of nitrogens with zero attached hydrogens (tertiary/aromatic N) is 1. The highest BCUT2D eigenvalue weighted by Crippen LogP contribution is 2.39. The second-order valence-corrected chi connectivity index (χ2v) is 14.6. The van der Waals surface area contributed by atoms with Gasteiger partial charge in [-0.3, -0.25) is 14.4 Å². The van der Waals surface area contributed by atoms with Crippen LogP contribution in [0.4, 0.5) is 0 Å². The largest absolute Gasteiger partial charge is 0.497 e. The van der Waals surface area contributed by atoms with E-state index in [-0.39, 0.29) is 31.1 Å². The minimum absolute atomic E-state index is 0.0759. The summed E-state index contributed by atoms with van der Waals surface area (Å²) in [6.45, 7) is 5.23. The Hall–Kier alpha value is -5.20. The first-order chi connectivity index (χ1) is 25.9. The number of pyridine rings is 1. The standard InChI is InChI=1S/C41H52N4O9/c1-6-31(40(49)50)43-37(46)29-19-27(54-34-22-32(24-13-9-7-10-14-24)42-33-21-26(52-4)17-18-28(33)34)20-30(29)38(47)44-35(23(2)3)39(48)45-36(41(51)53-5)25-15-11-8-12-16-25/h7,9-10,13-14,17-18,21-23,25,27,29-31,35-36H,6,8,11-12,15-16,19-20H2,1-5H3,(H,43,46)(H,44,47)(H,45,48)(H,49,50)/t27-,29-,30-,31+,35+,36+/m1/s1. The number of fused-ring (bicyclic) bond motifs is 1. The average Bonchev–Trinajstić information content (AvgIpc) is 3.61. The number of rotatable bonds is 15. The summed E-state index contributed by atoms with van der Waals surface area (Å²) in [5.74, 6) is -4.59. The summed E-state index contributed by atoms with van der Waals surface area (Å²) in [6, 6.07) is 13.9. The van der Waals surface area contributed by atoms with Gasteiger partial charge in [-0.2, -0.15) is 0 Å². The number of esters is 1. The van der Waals surface area contributed by atoms with Crippen LogP contribution in [0.15, 0.2) is 54.6 Å². The van der Waals surface area contributed by atoms with Crippen LogP contribution in [-0.4, -0.2) is 78.2 Å². The molecule has 6 atom stereocenters. The molecular formula is C41H52N4O9.